The first-order valence-electron chi connectivity index (χ1n) is 13.6. The van der Waals surface area contributed by atoms with Crippen molar-refractivity contribution in [2.24, 2.45) is 0 Å². The Bertz CT molecular complexity index is 1330. The molecule has 0 saturated heterocycles. The largest absolute Gasteiger partial charge is 0.546 e. The van der Waals surface area contributed by atoms with Crippen LogP contribution >= 0.6 is 0 Å². The summed E-state index contributed by atoms with van der Waals surface area (Å²) < 4.78 is 42.7. The lowest BCUT2D eigenvalue weighted by atomic mass is 9.83. The van der Waals surface area contributed by atoms with Crippen LogP contribution in [0.2, 0.25) is 18.1 Å². The Morgan fingerprint density at radius 2 is 1.71 bits per heavy atom. The number of nitrogens with zero attached hydrogens (tertiary/aromatic N) is 1. The number of allylic oxidation sites excluding steroid dienone is 1. The van der Waals surface area contributed by atoms with Gasteiger partial charge < -0.3 is 9.16 Å². The molecule has 0 fully saturated rings. The van der Waals surface area contributed by atoms with E-state index >= 15 is 0 Å². The zero-order valence-corrected chi connectivity index (χ0v) is 25.5. The summed E-state index contributed by atoms with van der Waals surface area (Å²) in [5.74, 6) is -0.0687. The van der Waals surface area contributed by atoms with Gasteiger partial charge in [-0.3, -0.25) is 4.31 Å². The van der Waals surface area contributed by atoms with E-state index in [9.17, 15) is 13.2 Å². The number of para-hydroxylation sites is 1. The van der Waals surface area contributed by atoms with Gasteiger partial charge >= 0.3 is 5.97 Å². The van der Waals surface area contributed by atoms with E-state index in [1.807, 2.05) is 31.2 Å². The van der Waals surface area contributed by atoms with E-state index in [2.05, 4.69) is 33.9 Å². The van der Waals surface area contributed by atoms with Gasteiger partial charge in [-0.15, -0.1) is 0 Å². The van der Waals surface area contributed by atoms with Crippen LogP contribution in [0.4, 0.5) is 5.69 Å². The van der Waals surface area contributed by atoms with E-state index in [0.29, 0.717) is 23.4 Å². The van der Waals surface area contributed by atoms with Gasteiger partial charge in [0.2, 0.25) is 8.32 Å². The number of benzene rings is 2. The maximum atomic E-state index is 14.4. The first kappa shape index (κ1) is 28.4. The monoisotopic (exact) mass is 555 g/mol. The molecule has 0 amide bonds. The molecule has 0 unspecified atom stereocenters. The smallest absolute Gasteiger partial charge is 0.339 e. The molecule has 6 nitrogen and oxygen atoms in total. The van der Waals surface area contributed by atoms with Crippen LogP contribution in [0.1, 0.15) is 70.4 Å². The number of esters is 1. The molecule has 1 aliphatic carbocycles. The van der Waals surface area contributed by atoms with E-state index in [1.165, 1.54) is 4.31 Å². The number of fused-ring (bicyclic) bond motifs is 3. The molecule has 2 aromatic rings. The van der Waals surface area contributed by atoms with Gasteiger partial charge in [0.25, 0.3) is 10.0 Å². The number of aryl methyl sites for hydroxylation is 1. The summed E-state index contributed by atoms with van der Waals surface area (Å²) >= 11 is 0. The SMILES string of the molecule is CCOC(=O)/C1=C(\O[Si](C)(C)C(C)(C)C)CCCC[C@@H]2c3ccccc3N(S(=O)(=O)c3ccc(C)cc3)[C@@H]12. The standard InChI is InChI=1S/C30H41NO5SSi/c1-8-35-29(32)27-26(36-38(6,7)30(3,4)5)16-12-10-14-24-23-13-9-11-15-25(23)31(28(24)27)37(33,34)22-19-17-21(2)18-20-22/h9,11,13,15,17-20,24,28H,8,10,12,14,16H2,1-7H3/b27-26-/t24-,28-/m1/s1. The number of carbonyl (C=O) groups excluding carboxylic acids is 1. The summed E-state index contributed by atoms with van der Waals surface area (Å²) in [7, 11) is -6.33. The van der Waals surface area contributed by atoms with E-state index in [4.69, 9.17) is 9.16 Å². The fraction of sp³-hybridized carbons (Fsp3) is 0.500. The molecule has 2 atom stereocenters. The molecule has 1 aliphatic heterocycles. The lowest BCUT2D eigenvalue weighted by Gasteiger charge is -2.40. The summed E-state index contributed by atoms with van der Waals surface area (Å²) in [5.41, 5.74) is 2.90. The molecular weight excluding hydrogens is 514 g/mol. The molecule has 4 rings (SSSR count). The van der Waals surface area contributed by atoms with E-state index < -0.39 is 30.4 Å². The summed E-state index contributed by atoms with van der Waals surface area (Å²) in [6.45, 7) is 14.7. The Kier molecular flexibility index (Phi) is 7.88. The molecule has 0 N–H and O–H groups in total. The molecule has 2 aliphatic rings. The fourth-order valence-corrected chi connectivity index (χ4v) is 8.00. The Balaban J connectivity index is 1.99. The second-order valence-corrected chi connectivity index (χ2v) is 18.4. The number of rotatable bonds is 6. The van der Waals surface area contributed by atoms with Gasteiger partial charge in [-0.2, -0.15) is 0 Å². The van der Waals surface area contributed by atoms with Gasteiger partial charge in [0.1, 0.15) is 0 Å². The van der Waals surface area contributed by atoms with Gasteiger partial charge in [0.15, 0.2) is 0 Å². The van der Waals surface area contributed by atoms with Crippen LogP contribution in [-0.4, -0.2) is 35.4 Å². The summed E-state index contributed by atoms with van der Waals surface area (Å²) in [6, 6.07) is 13.8. The van der Waals surface area contributed by atoms with E-state index in [0.717, 1.165) is 30.4 Å². The van der Waals surface area contributed by atoms with Crippen molar-refractivity contribution in [2.75, 3.05) is 10.9 Å². The van der Waals surface area contributed by atoms with Crippen molar-refractivity contribution in [2.45, 2.75) is 95.3 Å². The van der Waals surface area contributed by atoms with Crippen LogP contribution in [0.5, 0.6) is 0 Å². The average molecular weight is 556 g/mol. The van der Waals surface area contributed by atoms with E-state index in [-0.39, 0.29) is 22.5 Å². The quantitative estimate of drug-likeness (QED) is 0.282. The van der Waals surface area contributed by atoms with Crippen LogP contribution < -0.4 is 4.31 Å². The number of ether oxygens (including phenoxy) is 1. The molecular formula is C30H41NO5SSi. The predicted molar refractivity (Wildman–Crippen MR) is 154 cm³/mol. The molecule has 0 spiro atoms. The van der Waals surface area contributed by atoms with Crippen LogP contribution in [0.3, 0.4) is 0 Å². The number of hydrogen-bond donors (Lipinski definition) is 0. The van der Waals surface area contributed by atoms with Crippen molar-refractivity contribution in [3.8, 4) is 0 Å². The molecule has 0 bridgehead atoms. The van der Waals surface area contributed by atoms with Crippen molar-refractivity contribution in [3.63, 3.8) is 0 Å². The predicted octanol–water partition coefficient (Wildman–Crippen LogP) is 7.07. The zero-order valence-electron chi connectivity index (χ0n) is 23.7. The molecule has 206 valence electrons. The van der Waals surface area contributed by atoms with Crippen LogP contribution in [0.25, 0.3) is 0 Å². The maximum absolute atomic E-state index is 14.4. The minimum atomic E-state index is -4.00. The second kappa shape index (κ2) is 10.5. The first-order chi connectivity index (χ1) is 17.8. The third-order valence-corrected chi connectivity index (χ3v) is 14.4. The third-order valence-electron chi connectivity index (χ3n) is 8.23. The maximum Gasteiger partial charge on any atom is 0.339 e. The molecule has 38 heavy (non-hydrogen) atoms. The lowest BCUT2D eigenvalue weighted by Crippen LogP contribution is -2.46. The number of sulfonamides is 1. The van der Waals surface area contributed by atoms with Crippen LogP contribution in [0.15, 0.2) is 64.8 Å². The summed E-state index contributed by atoms with van der Waals surface area (Å²) in [5, 5.41) is -0.0894. The Morgan fingerprint density at radius 1 is 1.05 bits per heavy atom. The van der Waals surface area contributed by atoms with Crippen molar-refractivity contribution >= 4 is 30.0 Å². The minimum absolute atomic E-state index is 0.0894. The molecule has 1 heterocycles. The topological polar surface area (TPSA) is 72.9 Å². The molecule has 2 aromatic carbocycles. The molecule has 0 radical (unpaired) electrons. The van der Waals surface area contributed by atoms with Crippen molar-refractivity contribution < 1.29 is 22.4 Å². The average Bonchev–Trinajstić information content (AvgIpc) is 3.14. The minimum Gasteiger partial charge on any atom is -0.546 e. The van der Waals surface area contributed by atoms with Crippen LogP contribution in [-0.2, 0) is 24.0 Å². The number of carbonyl (C=O) groups is 1. The van der Waals surface area contributed by atoms with Crippen LogP contribution in [0, 0.1) is 6.92 Å². The highest BCUT2D eigenvalue weighted by molar-refractivity contribution is 7.93. The van der Waals surface area contributed by atoms with Gasteiger partial charge in [-0.25, -0.2) is 13.2 Å². The van der Waals surface area contributed by atoms with Gasteiger partial charge in [-0.05, 0) is 68.6 Å². The van der Waals surface area contributed by atoms with Gasteiger partial charge in [0, 0.05) is 12.3 Å². The normalized spacial score (nSPS) is 22.2. The summed E-state index contributed by atoms with van der Waals surface area (Å²) in [6.07, 6.45) is 3.13. The van der Waals surface area contributed by atoms with Crippen molar-refractivity contribution in [1.82, 2.24) is 0 Å². The highest BCUT2D eigenvalue weighted by atomic mass is 32.2. The molecule has 8 heteroatoms. The Hall–Kier alpha value is -2.58. The Morgan fingerprint density at radius 3 is 2.34 bits per heavy atom. The summed E-state index contributed by atoms with van der Waals surface area (Å²) in [4.78, 5) is 14.0. The number of hydrogen-bond acceptors (Lipinski definition) is 5. The lowest BCUT2D eigenvalue weighted by molar-refractivity contribution is -0.139. The zero-order chi connectivity index (χ0) is 27.9. The first-order valence-corrected chi connectivity index (χ1v) is 17.9. The fourth-order valence-electron chi connectivity index (χ4n) is 5.18. The second-order valence-electron chi connectivity index (χ2n) is 11.9. The van der Waals surface area contributed by atoms with Crippen molar-refractivity contribution in [1.29, 1.82) is 0 Å². The highest BCUT2D eigenvalue weighted by Gasteiger charge is 2.51. The molecule has 0 saturated carbocycles. The van der Waals surface area contributed by atoms with Crippen molar-refractivity contribution in [3.05, 3.63) is 71.0 Å². The van der Waals surface area contributed by atoms with E-state index in [1.54, 1.807) is 31.2 Å². The highest BCUT2D eigenvalue weighted by Crippen LogP contribution is 2.51. The molecule has 0 aromatic heterocycles. The third kappa shape index (κ3) is 5.17. The van der Waals surface area contributed by atoms with Gasteiger partial charge in [-0.1, -0.05) is 63.1 Å². The van der Waals surface area contributed by atoms with Gasteiger partial charge in [0.05, 0.1) is 34.6 Å². The number of anilines is 1. The Labute approximate surface area is 229 Å².